The molecule has 0 saturated carbocycles. The van der Waals surface area contributed by atoms with Crippen molar-refractivity contribution in [2.45, 2.75) is 26.7 Å². The average molecular weight is 218 g/mol. The van der Waals surface area contributed by atoms with E-state index in [1.807, 2.05) is 0 Å². The van der Waals surface area contributed by atoms with Crippen LogP contribution in [-0.4, -0.2) is 35.9 Å². The van der Waals surface area contributed by atoms with E-state index < -0.39 is 23.3 Å². The molecule has 1 atom stereocenters. The fraction of sp³-hybridized carbons (Fsp3) is 0.800. The lowest BCUT2D eigenvalue weighted by Gasteiger charge is -2.30. The Hall–Kier alpha value is -1.10. The number of rotatable bonds is 6. The summed E-state index contributed by atoms with van der Waals surface area (Å²) in [5, 5.41) is 17.8. The molecule has 0 saturated heterocycles. The zero-order valence-electron chi connectivity index (χ0n) is 9.32. The standard InChI is InChI=1S/C10H18O5/c1-10(2,6-11)7(4-8(12)13)5-9(14)15-3/h7,11H,4-6H2,1-3H3,(H,12,13). The van der Waals surface area contributed by atoms with Crippen LogP contribution in [0.25, 0.3) is 0 Å². The number of ether oxygens (including phenoxy) is 1. The molecule has 0 fully saturated rings. The molecule has 0 heterocycles. The molecule has 0 aromatic rings. The summed E-state index contributed by atoms with van der Waals surface area (Å²) in [6.45, 7) is 3.29. The molecule has 15 heavy (non-hydrogen) atoms. The predicted octanol–water partition coefficient (Wildman–Crippen LogP) is 0.659. The Morgan fingerprint density at radius 2 is 1.87 bits per heavy atom. The van der Waals surface area contributed by atoms with E-state index in [0.717, 1.165) is 0 Å². The lowest BCUT2D eigenvalue weighted by molar-refractivity contribution is -0.145. The molecule has 88 valence electrons. The molecule has 0 aliphatic heterocycles. The number of aliphatic hydroxyl groups is 1. The van der Waals surface area contributed by atoms with Gasteiger partial charge in [0, 0.05) is 19.4 Å². The summed E-state index contributed by atoms with van der Waals surface area (Å²) in [5.41, 5.74) is -0.605. The highest BCUT2D eigenvalue weighted by Crippen LogP contribution is 2.31. The fourth-order valence-corrected chi connectivity index (χ4v) is 1.25. The molecule has 0 radical (unpaired) electrons. The van der Waals surface area contributed by atoms with Crippen LogP contribution < -0.4 is 0 Å². The number of aliphatic hydroxyl groups excluding tert-OH is 1. The number of aliphatic carboxylic acids is 1. The topological polar surface area (TPSA) is 83.8 Å². The minimum atomic E-state index is -0.981. The zero-order chi connectivity index (χ0) is 12.1. The minimum absolute atomic E-state index is 0.0103. The average Bonchev–Trinajstić information content (AvgIpc) is 2.15. The van der Waals surface area contributed by atoms with Crippen LogP contribution in [0, 0.1) is 11.3 Å². The van der Waals surface area contributed by atoms with Crippen molar-refractivity contribution in [2.24, 2.45) is 11.3 Å². The van der Waals surface area contributed by atoms with E-state index in [1.165, 1.54) is 7.11 Å². The van der Waals surface area contributed by atoms with Gasteiger partial charge in [-0.15, -0.1) is 0 Å². The van der Waals surface area contributed by atoms with Crippen molar-refractivity contribution >= 4 is 11.9 Å². The van der Waals surface area contributed by atoms with Crippen LogP contribution in [0.3, 0.4) is 0 Å². The van der Waals surface area contributed by atoms with E-state index in [-0.39, 0.29) is 19.4 Å². The summed E-state index contributed by atoms with van der Waals surface area (Å²) in [4.78, 5) is 21.7. The second-order valence-corrected chi connectivity index (χ2v) is 4.22. The Morgan fingerprint density at radius 3 is 2.20 bits per heavy atom. The highest BCUT2D eigenvalue weighted by molar-refractivity contribution is 5.72. The molecule has 0 bridgehead atoms. The van der Waals surface area contributed by atoms with Gasteiger partial charge in [0.05, 0.1) is 7.11 Å². The molecular formula is C10H18O5. The van der Waals surface area contributed by atoms with E-state index in [4.69, 9.17) is 10.2 Å². The molecule has 0 aliphatic carbocycles. The van der Waals surface area contributed by atoms with Crippen molar-refractivity contribution in [3.05, 3.63) is 0 Å². The molecule has 5 nitrogen and oxygen atoms in total. The van der Waals surface area contributed by atoms with Gasteiger partial charge in [-0.2, -0.15) is 0 Å². The van der Waals surface area contributed by atoms with Crippen molar-refractivity contribution in [3.8, 4) is 0 Å². The van der Waals surface area contributed by atoms with Gasteiger partial charge >= 0.3 is 11.9 Å². The van der Waals surface area contributed by atoms with Gasteiger partial charge in [0.2, 0.25) is 0 Å². The SMILES string of the molecule is COC(=O)CC(CC(=O)O)C(C)(C)CO. The summed E-state index contributed by atoms with van der Waals surface area (Å²) in [6, 6.07) is 0. The highest BCUT2D eigenvalue weighted by Gasteiger charge is 2.32. The zero-order valence-corrected chi connectivity index (χ0v) is 9.32. The molecule has 0 spiro atoms. The first-order chi connectivity index (χ1) is 6.83. The predicted molar refractivity (Wildman–Crippen MR) is 53.2 cm³/mol. The van der Waals surface area contributed by atoms with Crippen LogP contribution in [0.15, 0.2) is 0 Å². The third kappa shape index (κ3) is 4.78. The van der Waals surface area contributed by atoms with Crippen LogP contribution in [0.4, 0.5) is 0 Å². The fourth-order valence-electron chi connectivity index (χ4n) is 1.25. The van der Waals surface area contributed by atoms with Crippen molar-refractivity contribution in [1.82, 2.24) is 0 Å². The van der Waals surface area contributed by atoms with Gasteiger partial charge in [-0.3, -0.25) is 9.59 Å². The minimum Gasteiger partial charge on any atom is -0.481 e. The smallest absolute Gasteiger partial charge is 0.305 e. The number of esters is 1. The van der Waals surface area contributed by atoms with E-state index in [1.54, 1.807) is 13.8 Å². The Balaban J connectivity index is 4.57. The maximum absolute atomic E-state index is 11.1. The molecular weight excluding hydrogens is 200 g/mol. The molecule has 0 amide bonds. The van der Waals surface area contributed by atoms with Crippen LogP contribution in [-0.2, 0) is 14.3 Å². The first kappa shape index (κ1) is 13.9. The van der Waals surface area contributed by atoms with E-state index in [9.17, 15) is 9.59 Å². The van der Waals surface area contributed by atoms with Crippen LogP contribution in [0.2, 0.25) is 0 Å². The van der Waals surface area contributed by atoms with Gasteiger partial charge in [0.25, 0.3) is 0 Å². The van der Waals surface area contributed by atoms with Crippen LogP contribution >= 0.6 is 0 Å². The maximum atomic E-state index is 11.1. The van der Waals surface area contributed by atoms with Crippen LogP contribution in [0.5, 0.6) is 0 Å². The first-order valence-electron chi connectivity index (χ1n) is 4.73. The second-order valence-electron chi connectivity index (χ2n) is 4.22. The molecule has 0 aliphatic rings. The number of hydrogen-bond acceptors (Lipinski definition) is 4. The molecule has 0 aromatic carbocycles. The number of carbonyl (C=O) groups excluding carboxylic acids is 1. The summed E-state index contributed by atoms with van der Waals surface area (Å²) < 4.78 is 4.49. The Bertz CT molecular complexity index is 234. The Labute approximate surface area is 89.0 Å². The van der Waals surface area contributed by atoms with Crippen molar-refractivity contribution < 1.29 is 24.5 Å². The van der Waals surface area contributed by atoms with E-state index >= 15 is 0 Å². The van der Waals surface area contributed by atoms with Crippen molar-refractivity contribution in [2.75, 3.05) is 13.7 Å². The summed E-state index contributed by atoms with van der Waals surface area (Å²) in [5.74, 6) is -1.86. The molecule has 0 rings (SSSR count). The van der Waals surface area contributed by atoms with Crippen LogP contribution in [0.1, 0.15) is 26.7 Å². The second kappa shape index (κ2) is 5.70. The van der Waals surface area contributed by atoms with Gasteiger partial charge in [0.15, 0.2) is 0 Å². The Morgan fingerprint density at radius 1 is 1.33 bits per heavy atom. The molecule has 2 N–H and O–H groups in total. The van der Waals surface area contributed by atoms with Gasteiger partial charge in [-0.25, -0.2) is 0 Å². The van der Waals surface area contributed by atoms with Crippen molar-refractivity contribution in [1.29, 1.82) is 0 Å². The van der Waals surface area contributed by atoms with E-state index in [0.29, 0.717) is 0 Å². The summed E-state index contributed by atoms with van der Waals surface area (Å²) in [7, 11) is 1.26. The quantitative estimate of drug-likeness (QED) is 0.640. The van der Waals surface area contributed by atoms with Gasteiger partial charge < -0.3 is 14.9 Å². The summed E-state index contributed by atoms with van der Waals surface area (Å²) >= 11 is 0. The lowest BCUT2D eigenvalue weighted by Crippen LogP contribution is -2.32. The van der Waals surface area contributed by atoms with Gasteiger partial charge in [0.1, 0.15) is 0 Å². The number of carbonyl (C=O) groups is 2. The molecule has 5 heteroatoms. The number of hydrogen-bond donors (Lipinski definition) is 2. The number of carboxylic acids is 1. The summed E-state index contributed by atoms with van der Waals surface area (Å²) in [6.07, 6.45) is -0.140. The first-order valence-corrected chi connectivity index (χ1v) is 4.73. The van der Waals surface area contributed by atoms with Crippen molar-refractivity contribution in [3.63, 3.8) is 0 Å². The normalized spacial score (nSPS) is 13.3. The lowest BCUT2D eigenvalue weighted by atomic mass is 9.76. The molecule has 1 unspecified atom stereocenters. The maximum Gasteiger partial charge on any atom is 0.305 e. The van der Waals surface area contributed by atoms with E-state index in [2.05, 4.69) is 4.74 Å². The van der Waals surface area contributed by atoms with Gasteiger partial charge in [-0.05, 0) is 11.3 Å². The third-order valence-electron chi connectivity index (χ3n) is 2.57. The number of methoxy groups -OCH3 is 1. The highest BCUT2D eigenvalue weighted by atomic mass is 16.5. The monoisotopic (exact) mass is 218 g/mol. The third-order valence-corrected chi connectivity index (χ3v) is 2.57. The van der Waals surface area contributed by atoms with Gasteiger partial charge in [-0.1, -0.05) is 13.8 Å². The largest absolute Gasteiger partial charge is 0.481 e. The molecule has 0 aromatic heterocycles. The Kier molecular flexibility index (Phi) is 5.28. The number of carboxylic acid groups (broad SMARTS) is 1.